The number of nitrogens with zero attached hydrogens (tertiary/aromatic N) is 2. The van der Waals surface area contributed by atoms with E-state index in [0.29, 0.717) is 27.0 Å². The normalized spacial score (nSPS) is 19.1. The minimum absolute atomic E-state index is 0.0668. The quantitative estimate of drug-likeness (QED) is 0.131. The summed E-state index contributed by atoms with van der Waals surface area (Å²) in [4.78, 5) is 45.0. The van der Waals surface area contributed by atoms with Gasteiger partial charge in [-0.3, -0.25) is 14.9 Å². The molecule has 0 saturated carbocycles. The van der Waals surface area contributed by atoms with Crippen LogP contribution in [0.3, 0.4) is 0 Å². The van der Waals surface area contributed by atoms with Gasteiger partial charge in [-0.1, -0.05) is 106 Å². The second-order valence-corrected chi connectivity index (χ2v) is 14.9. The summed E-state index contributed by atoms with van der Waals surface area (Å²) < 4.78 is 6.86. The van der Waals surface area contributed by atoms with Crippen molar-refractivity contribution >= 4 is 74.4 Å². The van der Waals surface area contributed by atoms with Gasteiger partial charge in [0.05, 0.1) is 15.7 Å². The third-order valence-electron chi connectivity index (χ3n) is 10.0. The highest BCUT2D eigenvalue weighted by Crippen LogP contribution is 2.50. The van der Waals surface area contributed by atoms with Crippen molar-refractivity contribution in [3.05, 3.63) is 163 Å². The Balaban J connectivity index is 1.21. The Morgan fingerprint density at radius 2 is 1.40 bits per heavy atom. The fourth-order valence-corrected chi connectivity index (χ4v) is 8.27. The first-order valence-corrected chi connectivity index (χ1v) is 18.6. The molecule has 0 radical (unpaired) electrons. The van der Waals surface area contributed by atoms with E-state index >= 15 is 0 Å². The molecule has 5 aromatic rings. The minimum atomic E-state index is -0.791. The SMILES string of the molecule is O=C1NC(=O)N(c2cc3c4c(c2)[C@@H](c2ccccc2)CCN4CC[C@@H]3c2ccccc2)C(=O)/C1=C/c1cc(Br)ccc1OCc1ccc(Cl)c(Cl)c1. The number of amides is 4. The lowest BCUT2D eigenvalue weighted by atomic mass is 9.76. The summed E-state index contributed by atoms with van der Waals surface area (Å²) in [6, 6.07) is 34.4. The summed E-state index contributed by atoms with van der Waals surface area (Å²) in [6.45, 7) is 1.99. The van der Waals surface area contributed by atoms with Crippen LogP contribution < -0.4 is 19.9 Å². The van der Waals surface area contributed by atoms with Gasteiger partial charge in [-0.25, -0.2) is 9.69 Å². The molecule has 1 fully saturated rings. The molecule has 4 amide bonds. The van der Waals surface area contributed by atoms with Crippen molar-refractivity contribution in [1.29, 1.82) is 0 Å². The maximum atomic E-state index is 14.4. The number of ether oxygens (including phenoxy) is 1. The van der Waals surface area contributed by atoms with Crippen molar-refractivity contribution in [3.63, 3.8) is 0 Å². The molecule has 1 saturated heterocycles. The molecule has 3 heterocycles. The summed E-state index contributed by atoms with van der Waals surface area (Å²) in [5, 5.41) is 3.27. The molecule has 0 aromatic heterocycles. The van der Waals surface area contributed by atoms with Crippen molar-refractivity contribution in [2.24, 2.45) is 0 Å². The molecule has 0 unspecified atom stereocenters. The highest BCUT2D eigenvalue weighted by molar-refractivity contribution is 9.10. The van der Waals surface area contributed by atoms with E-state index in [-0.39, 0.29) is 24.0 Å². The Morgan fingerprint density at radius 3 is 2.02 bits per heavy atom. The summed E-state index contributed by atoms with van der Waals surface area (Å²) in [5.41, 5.74) is 7.15. The van der Waals surface area contributed by atoms with Gasteiger partial charge in [0.2, 0.25) is 0 Å². The van der Waals surface area contributed by atoms with E-state index in [1.807, 2.05) is 54.6 Å². The van der Waals surface area contributed by atoms with Crippen LogP contribution in [0.25, 0.3) is 6.08 Å². The molecule has 0 spiro atoms. The summed E-state index contributed by atoms with van der Waals surface area (Å²) in [5.74, 6) is -0.932. The molecule has 5 aromatic carbocycles. The zero-order valence-corrected chi connectivity index (χ0v) is 30.9. The molecular formula is C42H32BrCl2N3O4. The van der Waals surface area contributed by atoms with Gasteiger partial charge in [0.25, 0.3) is 11.8 Å². The third-order valence-corrected chi connectivity index (χ3v) is 11.2. The molecule has 1 N–H and O–H groups in total. The van der Waals surface area contributed by atoms with E-state index in [1.54, 1.807) is 30.3 Å². The van der Waals surface area contributed by atoms with Gasteiger partial charge in [-0.15, -0.1) is 0 Å². The highest BCUT2D eigenvalue weighted by atomic mass is 79.9. The molecule has 0 aliphatic carbocycles. The fraction of sp³-hybridized carbons (Fsp3) is 0.167. The predicted molar refractivity (Wildman–Crippen MR) is 208 cm³/mol. The molecule has 8 rings (SSSR count). The first-order valence-electron chi connectivity index (χ1n) is 17.1. The number of halogens is 3. The lowest BCUT2D eigenvalue weighted by molar-refractivity contribution is -0.122. The van der Waals surface area contributed by atoms with Crippen LogP contribution in [0.2, 0.25) is 10.0 Å². The fourth-order valence-electron chi connectivity index (χ4n) is 7.57. The summed E-state index contributed by atoms with van der Waals surface area (Å²) in [7, 11) is 0. The lowest BCUT2D eigenvalue weighted by Crippen LogP contribution is -2.54. The van der Waals surface area contributed by atoms with Gasteiger partial charge < -0.3 is 9.64 Å². The highest BCUT2D eigenvalue weighted by Gasteiger charge is 2.40. The van der Waals surface area contributed by atoms with Gasteiger partial charge in [0.1, 0.15) is 17.9 Å². The minimum Gasteiger partial charge on any atom is -0.488 e. The number of benzene rings is 5. The van der Waals surface area contributed by atoms with Gasteiger partial charge in [0, 0.05) is 40.6 Å². The van der Waals surface area contributed by atoms with Crippen molar-refractivity contribution in [1.82, 2.24) is 5.32 Å². The van der Waals surface area contributed by atoms with E-state index < -0.39 is 17.8 Å². The van der Waals surface area contributed by atoms with Gasteiger partial charge in [-0.2, -0.15) is 0 Å². The predicted octanol–water partition coefficient (Wildman–Crippen LogP) is 9.88. The molecule has 260 valence electrons. The smallest absolute Gasteiger partial charge is 0.335 e. The molecule has 3 aliphatic heterocycles. The first-order chi connectivity index (χ1) is 25.2. The van der Waals surface area contributed by atoms with Crippen LogP contribution in [0, 0.1) is 0 Å². The van der Waals surface area contributed by atoms with Gasteiger partial charge in [0.15, 0.2) is 0 Å². The number of carbonyl (C=O) groups excluding carboxylic acids is 3. The number of urea groups is 1. The largest absolute Gasteiger partial charge is 0.488 e. The lowest BCUT2D eigenvalue weighted by Gasteiger charge is -2.44. The molecule has 7 nitrogen and oxygen atoms in total. The topological polar surface area (TPSA) is 79.0 Å². The van der Waals surface area contributed by atoms with E-state index in [1.165, 1.54) is 22.9 Å². The zero-order valence-electron chi connectivity index (χ0n) is 27.8. The van der Waals surface area contributed by atoms with Gasteiger partial charge >= 0.3 is 6.03 Å². The van der Waals surface area contributed by atoms with Crippen molar-refractivity contribution < 1.29 is 19.1 Å². The Bertz CT molecular complexity index is 2190. The number of carbonyl (C=O) groups is 3. The number of nitrogens with one attached hydrogen (secondary N) is 1. The number of imide groups is 2. The van der Waals surface area contributed by atoms with Crippen LogP contribution in [0.5, 0.6) is 5.75 Å². The van der Waals surface area contributed by atoms with E-state index in [9.17, 15) is 14.4 Å². The Kier molecular flexibility index (Phi) is 9.38. The van der Waals surface area contributed by atoms with Crippen LogP contribution in [0.15, 0.2) is 119 Å². The third kappa shape index (κ3) is 6.51. The van der Waals surface area contributed by atoms with E-state index in [2.05, 4.69) is 50.4 Å². The van der Waals surface area contributed by atoms with Crippen molar-refractivity contribution in [2.75, 3.05) is 22.9 Å². The first kappa shape index (κ1) is 34.2. The summed E-state index contributed by atoms with van der Waals surface area (Å²) >= 11 is 15.8. The van der Waals surface area contributed by atoms with Crippen LogP contribution in [-0.2, 0) is 16.2 Å². The Labute approximate surface area is 319 Å². The van der Waals surface area contributed by atoms with Crippen LogP contribution in [0.1, 0.15) is 58.1 Å². The van der Waals surface area contributed by atoms with Crippen molar-refractivity contribution in [3.8, 4) is 5.75 Å². The van der Waals surface area contributed by atoms with E-state index in [0.717, 1.165) is 52.0 Å². The second-order valence-electron chi connectivity index (χ2n) is 13.1. The number of anilines is 2. The molecule has 10 heteroatoms. The van der Waals surface area contributed by atoms with Crippen LogP contribution >= 0.6 is 39.1 Å². The Morgan fingerprint density at radius 1 is 0.769 bits per heavy atom. The van der Waals surface area contributed by atoms with Gasteiger partial charge in [-0.05, 0) is 89.2 Å². The molecule has 52 heavy (non-hydrogen) atoms. The maximum absolute atomic E-state index is 14.4. The maximum Gasteiger partial charge on any atom is 0.335 e. The average molecular weight is 794 g/mol. The van der Waals surface area contributed by atoms with Crippen LogP contribution in [-0.4, -0.2) is 30.9 Å². The standard InChI is InChI=1S/C42H32BrCl2N3O4/c43-29-12-14-38(52-24-25-11-13-36(44)37(45)19-25)28(20-29)21-35-40(49)46-42(51)48(41(35)50)30-22-33-31(26-7-3-1-4-8-26)15-17-47-18-16-32(34(23-30)39(33)47)27-9-5-2-6-10-27/h1-14,19-23,31-32H,15-18,24H2,(H,46,49,51)/b35-21+/t31-,32-/m1/s1. The second kappa shape index (κ2) is 14.3. The average Bonchev–Trinajstić information content (AvgIpc) is 3.15. The molecule has 3 aliphatic rings. The van der Waals surface area contributed by atoms with Crippen molar-refractivity contribution in [2.45, 2.75) is 31.3 Å². The monoisotopic (exact) mass is 791 g/mol. The zero-order chi connectivity index (χ0) is 35.9. The number of hydrogen-bond donors (Lipinski definition) is 1. The molecule has 2 atom stereocenters. The number of rotatable bonds is 7. The van der Waals surface area contributed by atoms with Crippen LogP contribution in [0.4, 0.5) is 16.2 Å². The Hall–Kier alpha value is -4.89. The molecule has 0 bridgehead atoms. The summed E-state index contributed by atoms with van der Waals surface area (Å²) in [6.07, 6.45) is 3.26. The molecular weight excluding hydrogens is 761 g/mol. The number of hydrogen-bond acceptors (Lipinski definition) is 5. The number of barbiturate groups is 1. The van der Waals surface area contributed by atoms with E-state index in [4.69, 9.17) is 27.9 Å².